The van der Waals surface area contributed by atoms with Crippen LogP contribution in [0.5, 0.6) is 0 Å². The molecule has 0 aliphatic heterocycles. The van der Waals surface area contributed by atoms with Gasteiger partial charge in [-0.2, -0.15) is 13.2 Å². The first kappa shape index (κ1) is 27.0. The van der Waals surface area contributed by atoms with Crippen LogP contribution in [0, 0.1) is 23.3 Å². The number of carboxylic acids is 1. The Labute approximate surface area is 191 Å². The van der Waals surface area contributed by atoms with Crippen LogP contribution < -0.4 is 10.6 Å². The van der Waals surface area contributed by atoms with E-state index in [2.05, 4.69) is 5.32 Å². The van der Waals surface area contributed by atoms with Crippen molar-refractivity contribution in [3.05, 3.63) is 53.1 Å². The SMILES string of the molecule is CC(Sc1ccc(NC(=O)CCC(=O)O)cc1)C(=O)Nc1c(F)c(F)c(C(F)(F)F)c(F)c1F. The highest BCUT2D eigenvalue weighted by molar-refractivity contribution is 8.00. The van der Waals surface area contributed by atoms with Crippen LogP contribution in [-0.4, -0.2) is 28.1 Å². The lowest BCUT2D eigenvalue weighted by molar-refractivity contribution is -0.143. The molecule has 0 saturated carbocycles. The van der Waals surface area contributed by atoms with Crippen molar-refractivity contribution >= 4 is 40.9 Å². The fourth-order valence-corrected chi connectivity index (χ4v) is 3.40. The average Bonchev–Trinajstić information content (AvgIpc) is 2.74. The highest BCUT2D eigenvalue weighted by Crippen LogP contribution is 2.38. The third-order valence-corrected chi connectivity index (χ3v) is 5.29. The van der Waals surface area contributed by atoms with Crippen LogP contribution in [0.4, 0.5) is 42.1 Å². The van der Waals surface area contributed by atoms with E-state index in [1.54, 1.807) is 5.32 Å². The zero-order valence-corrected chi connectivity index (χ0v) is 17.8. The summed E-state index contributed by atoms with van der Waals surface area (Å²) in [6, 6.07) is 5.73. The number of rotatable bonds is 8. The fourth-order valence-electron chi connectivity index (χ4n) is 2.53. The van der Waals surface area contributed by atoms with E-state index in [-0.39, 0.29) is 12.8 Å². The summed E-state index contributed by atoms with van der Waals surface area (Å²) in [6.45, 7) is 1.26. The molecular formula is C20H15F7N2O4S. The van der Waals surface area contributed by atoms with E-state index in [1.807, 2.05) is 0 Å². The molecule has 0 bridgehead atoms. The first-order valence-corrected chi connectivity index (χ1v) is 10.1. The predicted molar refractivity (Wildman–Crippen MR) is 107 cm³/mol. The van der Waals surface area contributed by atoms with Crippen molar-refractivity contribution in [2.24, 2.45) is 0 Å². The molecule has 0 heterocycles. The molecule has 0 fully saturated rings. The van der Waals surface area contributed by atoms with E-state index >= 15 is 0 Å². The Morgan fingerprint density at radius 1 is 0.912 bits per heavy atom. The van der Waals surface area contributed by atoms with Gasteiger partial charge in [0.05, 0.1) is 11.7 Å². The molecule has 2 aromatic carbocycles. The Hall–Kier alpha value is -3.29. The van der Waals surface area contributed by atoms with Gasteiger partial charge in [-0.1, -0.05) is 0 Å². The smallest absolute Gasteiger partial charge is 0.422 e. The van der Waals surface area contributed by atoms with Crippen molar-refractivity contribution in [3.63, 3.8) is 0 Å². The van der Waals surface area contributed by atoms with Gasteiger partial charge in [-0.25, -0.2) is 17.6 Å². The van der Waals surface area contributed by atoms with Gasteiger partial charge in [-0.3, -0.25) is 14.4 Å². The largest absolute Gasteiger partial charge is 0.481 e. The molecule has 14 heteroatoms. The zero-order chi connectivity index (χ0) is 25.8. The predicted octanol–water partition coefficient (Wildman–Crippen LogP) is 5.18. The Morgan fingerprint density at radius 3 is 1.91 bits per heavy atom. The summed E-state index contributed by atoms with van der Waals surface area (Å²) >= 11 is 0.825. The summed E-state index contributed by atoms with van der Waals surface area (Å²) in [7, 11) is 0. The maximum absolute atomic E-state index is 14.0. The lowest BCUT2D eigenvalue weighted by Crippen LogP contribution is -2.25. The Morgan fingerprint density at radius 2 is 1.44 bits per heavy atom. The van der Waals surface area contributed by atoms with Gasteiger partial charge in [0, 0.05) is 17.0 Å². The Balaban J connectivity index is 2.09. The number of aliphatic carboxylic acids is 1. The molecule has 3 N–H and O–H groups in total. The van der Waals surface area contributed by atoms with Crippen molar-refractivity contribution < 1.29 is 50.2 Å². The maximum atomic E-state index is 14.0. The van der Waals surface area contributed by atoms with Crippen molar-refractivity contribution in [3.8, 4) is 0 Å². The average molecular weight is 512 g/mol. The summed E-state index contributed by atoms with van der Waals surface area (Å²) in [5.74, 6) is -13.0. The zero-order valence-electron chi connectivity index (χ0n) is 17.0. The van der Waals surface area contributed by atoms with Crippen LogP contribution in [0.25, 0.3) is 0 Å². The monoisotopic (exact) mass is 512 g/mol. The number of halogens is 7. The number of nitrogens with one attached hydrogen (secondary N) is 2. The molecular weight excluding hydrogens is 497 g/mol. The number of thioether (sulfide) groups is 1. The number of hydrogen-bond acceptors (Lipinski definition) is 4. The standard InChI is InChI=1S/C20H15F7N2O4S/c1-8(34-10-4-2-9(3-5-10)28-11(30)6-7-12(31)32)19(33)29-18-16(23)14(21)13(20(25,26)27)15(22)17(18)24/h2-5,8H,6-7H2,1H3,(H,28,30)(H,29,33)(H,31,32). The molecule has 0 aliphatic carbocycles. The minimum atomic E-state index is -5.70. The second kappa shape index (κ2) is 10.8. The molecule has 0 radical (unpaired) electrons. The van der Waals surface area contributed by atoms with Gasteiger partial charge < -0.3 is 15.7 Å². The van der Waals surface area contributed by atoms with Gasteiger partial charge in [0.25, 0.3) is 0 Å². The first-order valence-electron chi connectivity index (χ1n) is 9.24. The summed E-state index contributed by atoms with van der Waals surface area (Å²) < 4.78 is 93.3. The Bertz CT molecular complexity index is 1080. The number of carboxylic acid groups (broad SMARTS) is 1. The molecule has 1 atom stereocenters. The van der Waals surface area contributed by atoms with Gasteiger partial charge in [0.15, 0.2) is 23.3 Å². The topological polar surface area (TPSA) is 95.5 Å². The van der Waals surface area contributed by atoms with E-state index in [0.29, 0.717) is 10.6 Å². The van der Waals surface area contributed by atoms with Crippen molar-refractivity contribution in [2.75, 3.05) is 10.6 Å². The summed E-state index contributed by atoms with van der Waals surface area (Å²) in [5, 5.41) is 11.4. The van der Waals surface area contributed by atoms with Crippen LogP contribution in [0.3, 0.4) is 0 Å². The normalized spacial score (nSPS) is 12.2. The minimum absolute atomic E-state index is 0.249. The minimum Gasteiger partial charge on any atom is -0.481 e. The van der Waals surface area contributed by atoms with E-state index in [1.165, 1.54) is 31.2 Å². The second-order valence-corrected chi connectivity index (χ2v) is 8.13. The molecule has 0 spiro atoms. The number of carbonyl (C=O) groups is 3. The van der Waals surface area contributed by atoms with Gasteiger partial charge in [0.2, 0.25) is 11.8 Å². The fraction of sp³-hybridized carbons (Fsp3) is 0.250. The highest BCUT2D eigenvalue weighted by Gasteiger charge is 2.42. The molecule has 184 valence electrons. The van der Waals surface area contributed by atoms with E-state index in [0.717, 1.165) is 11.8 Å². The quantitative estimate of drug-likeness (QED) is 0.257. The van der Waals surface area contributed by atoms with Gasteiger partial charge in [-0.15, -0.1) is 11.8 Å². The molecule has 2 rings (SSSR count). The van der Waals surface area contributed by atoms with Crippen molar-refractivity contribution in [1.82, 2.24) is 0 Å². The van der Waals surface area contributed by atoms with Crippen molar-refractivity contribution in [1.29, 1.82) is 0 Å². The van der Waals surface area contributed by atoms with Crippen LogP contribution in [-0.2, 0) is 20.6 Å². The number of hydrogen-bond donors (Lipinski definition) is 3. The second-order valence-electron chi connectivity index (χ2n) is 6.72. The van der Waals surface area contributed by atoms with Crippen LogP contribution in [0.2, 0.25) is 0 Å². The molecule has 2 aromatic rings. The highest BCUT2D eigenvalue weighted by atomic mass is 32.2. The molecule has 1 unspecified atom stereocenters. The number of alkyl halides is 3. The summed E-state index contributed by atoms with van der Waals surface area (Å²) in [6.07, 6.45) is -6.31. The molecule has 34 heavy (non-hydrogen) atoms. The van der Waals surface area contributed by atoms with Gasteiger partial charge in [0.1, 0.15) is 11.3 Å². The lowest BCUT2D eigenvalue weighted by Gasteiger charge is -2.16. The number of amides is 2. The van der Waals surface area contributed by atoms with E-state index in [9.17, 15) is 45.1 Å². The van der Waals surface area contributed by atoms with Gasteiger partial charge in [-0.05, 0) is 31.2 Å². The van der Waals surface area contributed by atoms with Crippen LogP contribution >= 0.6 is 11.8 Å². The van der Waals surface area contributed by atoms with E-state index < -0.39 is 63.7 Å². The Kier molecular flexibility index (Phi) is 8.53. The van der Waals surface area contributed by atoms with Crippen LogP contribution in [0.1, 0.15) is 25.3 Å². The number of benzene rings is 2. The molecule has 0 aromatic heterocycles. The molecule has 0 saturated heterocycles. The maximum Gasteiger partial charge on any atom is 0.422 e. The molecule has 0 aliphatic rings. The molecule has 6 nitrogen and oxygen atoms in total. The lowest BCUT2D eigenvalue weighted by atomic mass is 10.1. The van der Waals surface area contributed by atoms with Crippen LogP contribution in [0.15, 0.2) is 29.2 Å². The number of carbonyl (C=O) groups excluding carboxylic acids is 2. The molecule has 2 amide bonds. The van der Waals surface area contributed by atoms with E-state index in [4.69, 9.17) is 5.11 Å². The first-order chi connectivity index (χ1) is 15.7. The summed E-state index contributed by atoms with van der Waals surface area (Å²) in [4.78, 5) is 34.7. The third-order valence-electron chi connectivity index (χ3n) is 4.18. The number of anilines is 2. The summed E-state index contributed by atoms with van der Waals surface area (Å²) in [5.41, 5.74) is -4.13. The van der Waals surface area contributed by atoms with Gasteiger partial charge >= 0.3 is 12.1 Å². The third kappa shape index (κ3) is 6.62. The van der Waals surface area contributed by atoms with Crippen molar-refractivity contribution in [2.45, 2.75) is 36.1 Å².